The van der Waals surface area contributed by atoms with E-state index in [1.54, 1.807) is 45.6 Å². The molecule has 0 unspecified atom stereocenters. The number of Topliss-reactive ketones (excluding diaryl/α,β-unsaturated/α-hetero) is 1. The number of amides is 1. The first-order chi connectivity index (χ1) is 18.9. The molecule has 2 aliphatic rings. The van der Waals surface area contributed by atoms with E-state index in [9.17, 15) is 9.59 Å². The summed E-state index contributed by atoms with van der Waals surface area (Å²) >= 11 is 0. The number of anilines is 1. The van der Waals surface area contributed by atoms with E-state index in [0.717, 1.165) is 22.5 Å². The third-order valence-corrected chi connectivity index (χ3v) is 7.43. The summed E-state index contributed by atoms with van der Waals surface area (Å²) in [5.74, 6) is 1.27. The van der Waals surface area contributed by atoms with Crippen molar-refractivity contribution in [2.24, 2.45) is 0 Å². The Morgan fingerprint density at radius 1 is 0.846 bits per heavy atom. The molecule has 7 heteroatoms. The van der Waals surface area contributed by atoms with E-state index in [0.29, 0.717) is 46.9 Å². The minimum absolute atomic E-state index is 0.0255. The zero-order chi connectivity index (χ0) is 27.5. The van der Waals surface area contributed by atoms with Gasteiger partial charge in [-0.25, -0.2) is 0 Å². The Morgan fingerprint density at radius 3 is 2.23 bits per heavy atom. The van der Waals surface area contributed by atoms with Crippen LogP contribution in [0.3, 0.4) is 0 Å². The molecule has 3 aromatic carbocycles. The Kier molecular flexibility index (Phi) is 7.41. The van der Waals surface area contributed by atoms with E-state index in [1.807, 2.05) is 55.5 Å². The number of hydrogen-bond donors (Lipinski definition) is 2. The van der Waals surface area contributed by atoms with Gasteiger partial charge in [0.2, 0.25) is 0 Å². The van der Waals surface area contributed by atoms with Crippen molar-refractivity contribution in [3.63, 3.8) is 0 Å². The average molecular weight is 525 g/mol. The summed E-state index contributed by atoms with van der Waals surface area (Å²) in [6, 6.07) is 22.7. The second-order valence-corrected chi connectivity index (χ2v) is 9.72. The molecule has 2 atom stereocenters. The van der Waals surface area contributed by atoms with E-state index < -0.39 is 5.92 Å². The van der Waals surface area contributed by atoms with Crippen molar-refractivity contribution in [2.45, 2.75) is 31.6 Å². The van der Waals surface area contributed by atoms with Gasteiger partial charge in [-0.2, -0.15) is 0 Å². The van der Waals surface area contributed by atoms with Crippen LogP contribution < -0.4 is 24.8 Å². The van der Waals surface area contributed by atoms with Gasteiger partial charge < -0.3 is 24.8 Å². The lowest BCUT2D eigenvalue weighted by Gasteiger charge is -2.37. The van der Waals surface area contributed by atoms with Crippen LogP contribution in [0, 0.1) is 0 Å². The van der Waals surface area contributed by atoms with Gasteiger partial charge in [-0.05, 0) is 66.8 Å². The van der Waals surface area contributed by atoms with Gasteiger partial charge in [0, 0.05) is 40.6 Å². The van der Waals surface area contributed by atoms with Gasteiger partial charge in [-0.15, -0.1) is 0 Å². The summed E-state index contributed by atoms with van der Waals surface area (Å²) < 4.78 is 16.1. The van der Waals surface area contributed by atoms with Crippen LogP contribution in [-0.4, -0.2) is 33.0 Å². The smallest absolute Gasteiger partial charge is 0.254 e. The van der Waals surface area contributed by atoms with Gasteiger partial charge in [0.25, 0.3) is 5.91 Å². The highest BCUT2D eigenvalue weighted by Gasteiger charge is 2.41. The molecule has 0 spiro atoms. The number of methoxy groups -OCH3 is 3. The molecule has 1 aliphatic carbocycles. The molecule has 0 fully saturated rings. The Bertz CT molecular complexity index is 1460. The topological polar surface area (TPSA) is 85.9 Å². The molecule has 0 aromatic heterocycles. The maximum absolute atomic E-state index is 13.9. The number of nitrogens with one attached hydrogen (secondary N) is 2. The molecule has 1 amide bonds. The predicted octanol–water partition coefficient (Wildman–Crippen LogP) is 5.71. The van der Waals surface area contributed by atoms with Crippen molar-refractivity contribution >= 4 is 17.4 Å². The van der Waals surface area contributed by atoms with Crippen LogP contribution in [0.25, 0.3) is 0 Å². The standard InChI is InChI=1S/C32H32N2O5/c1-19-29(32(36)34-23-11-13-24(37-2)14-12-23)30(20-8-6-5-7-9-20)31-25(33-19)16-22(17-26(31)35)21-10-15-27(38-3)28(18-21)39-4/h5-15,18,22,30,33H,16-17H2,1-4H3,(H,34,36)/t22-,30-/m1/s1. The molecule has 3 aromatic rings. The third-order valence-electron chi connectivity index (χ3n) is 7.43. The highest BCUT2D eigenvalue weighted by Crippen LogP contribution is 2.46. The number of ketones is 1. The van der Waals surface area contributed by atoms with E-state index >= 15 is 0 Å². The van der Waals surface area contributed by atoms with Crippen LogP contribution in [0.5, 0.6) is 17.2 Å². The summed E-state index contributed by atoms with van der Waals surface area (Å²) in [5, 5.41) is 6.45. The van der Waals surface area contributed by atoms with Crippen LogP contribution >= 0.6 is 0 Å². The molecule has 39 heavy (non-hydrogen) atoms. The van der Waals surface area contributed by atoms with Crippen LogP contribution in [0.4, 0.5) is 5.69 Å². The Hall–Kier alpha value is -4.52. The number of carbonyl (C=O) groups excluding carboxylic acids is 2. The van der Waals surface area contributed by atoms with Gasteiger partial charge in [0.05, 0.1) is 21.3 Å². The Labute approximate surface area is 228 Å². The molecule has 0 saturated heterocycles. The second kappa shape index (κ2) is 11.1. The van der Waals surface area contributed by atoms with Crippen molar-refractivity contribution in [2.75, 3.05) is 26.6 Å². The largest absolute Gasteiger partial charge is 0.497 e. The molecule has 5 rings (SSSR count). The van der Waals surface area contributed by atoms with E-state index in [-0.39, 0.29) is 17.6 Å². The summed E-state index contributed by atoms with van der Waals surface area (Å²) in [7, 11) is 4.81. The zero-order valence-corrected chi connectivity index (χ0v) is 22.5. The van der Waals surface area contributed by atoms with Crippen molar-refractivity contribution in [1.29, 1.82) is 0 Å². The molecular weight excluding hydrogens is 492 g/mol. The maximum atomic E-state index is 13.9. The highest BCUT2D eigenvalue weighted by molar-refractivity contribution is 6.10. The summed E-state index contributed by atoms with van der Waals surface area (Å²) in [6.07, 6.45) is 0.983. The quantitative estimate of drug-likeness (QED) is 0.412. The lowest BCUT2D eigenvalue weighted by atomic mass is 9.71. The summed E-state index contributed by atoms with van der Waals surface area (Å²) in [4.78, 5) is 27.6. The third kappa shape index (κ3) is 5.12. The van der Waals surface area contributed by atoms with Crippen LogP contribution in [0.1, 0.15) is 42.7 Å². The number of dihydropyridines is 1. The number of rotatable bonds is 7. The highest BCUT2D eigenvalue weighted by atomic mass is 16.5. The molecular formula is C32H32N2O5. The first-order valence-electron chi connectivity index (χ1n) is 12.9. The molecule has 2 N–H and O–H groups in total. The predicted molar refractivity (Wildman–Crippen MR) is 150 cm³/mol. The van der Waals surface area contributed by atoms with Gasteiger partial charge in [0.1, 0.15) is 5.75 Å². The fraction of sp³-hybridized carbons (Fsp3) is 0.250. The minimum Gasteiger partial charge on any atom is -0.497 e. The first-order valence-corrected chi connectivity index (χ1v) is 12.9. The van der Waals surface area contributed by atoms with Crippen LogP contribution in [0.15, 0.2) is 95.3 Å². The fourth-order valence-corrected chi connectivity index (χ4v) is 5.53. The molecule has 1 aliphatic heterocycles. The van der Waals surface area contributed by atoms with Gasteiger partial charge >= 0.3 is 0 Å². The number of allylic oxidation sites excluding steroid dienone is 3. The maximum Gasteiger partial charge on any atom is 0.254 e. The first kappa shape index (κ1) is 26.1. The van der Waals surface area contributed by atoms with Crippen LogP contribution in [0.2, 0.25) is 0 Å². The van der Waals surface area contributed by atoms with E-state index in [1.165, 1.54) is 0 Å². The molecule has 1 heterocycles. The normalized spacial score (nSPS) is 18.7. The van der Waals surface area contributed by atoms with Gasteiger partial charge in [-0.1, -0.05) is 36.4 Å². The molecule has 0 bridgehead atoms. The molecule has 200 valence electrons. The molecule has 7 nitrogen and oxygen atoms in total. The molecule has 0 radical (unpaired) electrons. The minimum atomic E-state index is -0.473. The second-order valence-electron chi connectivity index (χ2n) is 9.72. The summed E-state index contributed by atoms with van der Waals surface area (Å²) in [6.45, 7) is 1.90. The van der Waals surface area contributed by atoms with Crippen molar-refractivity contribution in [3.8, 4) is 17.2 Å². The Morgan fingerprint density at radius 2 is 1.56 bits per heavy atom. The number of benzene rings is 3. The van der Waals surface area contributed by atoms with Crippen molar-refractivity contribution in [3.05, 3.63) is 106 Å². The van der Waals surface area contributed by atoms with Crippen molar-refractivity contribution in [1.82, 2.24) is 5.32 Å². The van der Waals surface area contributed by atoms with Gasteiger partial charge in [-0.3, -0.25) is 9.59 Å². The zero-order valence-electron chi connectivity index (χ0n) is 22.5. The van der Waals surface area contributed by atoms with Crippen molar-refractivity contribution < 1.29 is 23.8 Å². The summed E-state index contributed by atoms with van der Waals surface area (Å²) in [5.41, 5.74) is 5.35. The van der Waals surface area contributed by atoms with E-state index in [2.05, 4.69) is 10.6 Å². The Balaban J connectivity index is 1.50. The number of hydrogen-bond acceptors (Lipinski definition) is 6. The average Bonchev–Trinajstić information content (AvgIpc) is 2.96. The fourth-order valence-electron chi connectivity index (χ4n) is 5.53. The lowest BCUT2D eigenvalue weighted by Crippen LogP contribution is -2.37. The monoisotopic (exact) mass is 524 g/mol. The van der Waals surface area contributed by atoms with Crippen LogP contribution in [-0.2, 0) is 9.59 Å². The lowest BCUT2D eigenvalue weighted by molar-refractivity contribution is -0.116. The number of ether oxygens (including phenoxy) is 3. The van der Waals surface area contributed by atoms with Gasteiger partial charge in [0.15, 0.2) is 17.3 Å². The SMILES string of the molecule is COc1ccc(NC(=O)C2=C(C)NC3=C(C(=O)C[C@H](c4ccc(OC)c(OC)c4)C3)[C@@H]2c2ccccc2)cc1. The van der Waals surface area contributed by atoms with E-state index in [4.69, 9.17) is 14.2 Å². The number of carbonyl (C=O) groups is 2. The molecule has 0 saturated carbocycles.